The third-order valence-electron chi connectivity index (χ3n) is 5.77. The van der Waals surface area contributed by atoms with Crippen LogP contribution in [0.25, 0.3) is 0 Å². The molecule has 1 aliphatic heterocycles. The molecule has 0 saturated heterocycles. The van der Waals surface area contributed by atoms with Gasteiger partial charge in [0.05, 0.1) is 6.04 Å². The number of rotatable bonds is 5. The number of hydrogen-bond acceptors (Lipinski definition) is 4. The summed E-state index contributed by atoms with van der Waals surface area (Å²) in [4.78, 5) is 12.0. The first-order valence-electron chi connectivity index (χ1n) is 10.1. The maximum absolute atomic E-state index is 4.92. The first kappa shape index (κ1) is 21.1. The monoisotopic (exact) mass is 408 g/mol. The fraction of sp³-hybridized carbons (Fsp3) is 0.333. The normalized spacial score (nSPS) is 15.4. The van der Waals surface area contributed by atoms with Gasteiger partial charge in [-0.05, 0) is 50.3 Å². The molecule has 0 aliphatic carbocycles. The number of hydrogen-bond donors (Lipinski definition) is 1. The van der Waals surface area contributed by atoms with Crippen LogP contribution >= 0.6 is 12.4 Å². The molecule has 2 heterocycles. The van der Waals surface area contributed by atoms with Crippen molar-refractivity contribution in [2.24, 2.45) is 0 Å². The Labute approximate surface area is 179 Å². The third-order valence-corrected chi connectivity index (χ3v) is 5.77. The van der Waals surface area contributed by atoms with Crippen LogP contribution in [0, 0.1) is 13.8 Å². The van der Waals surface area contributed by atoms with Crippen molar-refractivity contribution < 1.29 is 0 Å². The van der Waals surface area contributed by atoms with Crippen LogP contribution in [0.3, 0.4) is 0 Å². The molecule has 1 unspecified atom stereocenters. The molecule has 29 heavy (non-hydrogen) atoms. The van der Waals surface area contributed by atoms with Gasteiger partial charge in [-0.15, -0.1) is 12.4 Å². The van der Waals surface area contributed by atoms with E-state index >= 15 is 0 Å². The molecule has 0 bridgehead atoms. The highest BCUT2D eigenvalue weighted by Crippen LogP contribution is 2.34. The van der Waals surface area contributed by atoms with Crippen LogP contribution in [0.2, 0.25) is 0 Å². The zero-order valence-electron chi connectivity index (χ0n) is 17.4. The lowest BCUT2D eigenvalue weighted by molar-refractivity contribution is 0.614. The molecule has 5 heteroatoms. The summed E-state index contributed by atoms with van der Waals surface area (Å²) in [5, 5.41) is 3.43. The van der Waals surface area contributed by atoms with E-state index in [1.165, 1.54) is 22.3 Å². The standard InChI is InChI=1S/C24H28N4.ClH/c1-17-18(2)26-24(25-15-13-20-9-5-4-6-10-20)27-23(17)28-16-14-21-11-7-8-12-22(21)19(28)3;/h4-12,19H,13-16H2,1-3H3,(H,25,26,27);1H. The van der Waals surface area contributed by atoms with Gasteiger partial charge in [-0.1, -0.05) is 54.6 Å². The molecular weight excluding hydrogens is 380 g/mol. The average molecular weight is 409 g/mol. The predicted octanol–water partition coefficient (Wildman–Crippen LogP) is 5.29. The predicted molar refractivity (Wildman–Crippen MR) is 123 cm³/mol. The summed E-state index contributed by atoms with van der Waals surface area (Å²) in [7, 11) is 0. The molecule has 0 radical (unpaired) electrons. The lowest BCUT2D eigenvalue weighted by Crippen LogP contribution is -2.35. The molecule has 3 aromatic rings. The highest BCUT2D eigenvalue weighted by molar-refractivity contribution is 5.85. The smallest absolute Gasteiger partial charge is 0.224 e. The van der Waals surface area contributed by atoms with E-state index in [1.807, 2.05) is 6.07 Å². The minimum Gasteiger partial charge on any atom is -0.354 e. The molecule has 1 aliphatic rings. The largest absolute Gasteiger partial charge is 0.354 e. The van der Waals surface area contributed by atoms with Crippen molar-refractivity contribution in [1.82, 2.24) is 9.97 Å². The molecule has 152 valence electrons. The van der Waals surface area contributed by atoms with Crippen LogP contribution in [0.1, 0.15) is 40.9 Å². The minimum atomic E-state index is 0. The van der Waals surface area contributed by atoms with Crippen LogP contribution < -0.4 is 10.2 Å². The van der Waals surface area contributed by atoms with Crippen molar-refractivity contribution >= 4 is 24.2 Å². The molecule has 0 saturated carbocycles. The van der Waals surface area contributed by atoms with Gasteiger partial charge in [0.2, 0.25) is 5.95 Å². The van der Waals surface area contributed by atoms with E-state index in [-0.39, 0.29) is 12.4 Å². The number of nitrogens with zero attached hydrogens (tertiary/aromatic N) is 3. The van der Waals surface area contributed by atoms with Crippen molar-refractivity contribution in [2.75, 3.05) is 23.3 Å². The lowest BCUT2D eigenvalue weighted by Gasteiger charge is -2.37. The third kappa shape index (κ3) is 4.54. The van der Waals surface area contributed by atoms with Crippen molar-refractivity contribution in [2.45, 2.75) is 39.7 Å². The van der Waals surface area contributed by atoms with Gasteiger partial charge >= 0.3 is 0 Å². The topological polar surface area (TPSA) is 41.1 Å². The maximum Gasteiger partial charge on any atom is 0.224 e. The zero-order valence-corrected chi connectivity index (χ0v) is 18.2. The first-order chi connectivity index (χ1) is 13.6. The summed E-state index contributed by atoms with van der Waals surface area (Å²) in [5.41, 5.74) is 6.39. The molecule has 4 rings (SSSR count). The van der Waals surface area contributed by atoms with Crippen LogP contribution in [0.4, 0.5) is 11.8 Å². The Kier molecular flexibility index (Phi) is 6.75. The Morgan fingerprint density at radius 2 is 1.72 bits per heavy atom. The van der Waals surface area contributed by atoms with Gasteiger partial charge < -0.3 is 10.2 Å². The fourth-order valence-electron chi connectivity index (χ4n) is 4.00. The van der Waals surface area contributed by atoms with Crippen LogP contribution in [-0.4, -0.2) is 23.1 Å². The van der Waals surface area contributed by atoms with Gasteiger partial charge in [-0.3, -0.25) is 0 Å². The van der Waals surface area contributed by atoms with Gasteiger partial charge in [0, 0.05) is 24.3 Å². The highest BCUT2D eigenvalue weighted by Gasteiger charge is 2.26. The zero-order chi connectivity index (χ0) is 19.5. The number of fused-ring (bicyclic) bond motifs is 1. The highest BCUT2D eigenvalue weighted by atomic mass is 35.5. The Morgan fingerprint density at radius 3 is 2.52 bits per heavy atom. The quantitative estimate of drug-likeness (QED) is 0.622. The Bertz CT molecular complexity index is 958. The van der Waals surface area contributed by atoms with Crippen molar-refractivity contribution in [3.63, 3.8) is 0 Å². The molecule has 0 spiro atoms. The fourth-order valence-corrected chi connectivity index (χ4v) is 4.00. The van der Waals surface area contributed by atoms with Crippen LogP contribution in [0.15, 0.2) is 54.6 Å². The maximum atomic E-state index is 4.92. The average Bonchev–Trinajstić information content (AvgIpc) is 2.72. The van der Waals surface area contributed by atoms with Gasteiger partial charge in [-0.2, -0.15) is 4.98 Å². The molecule has 4 nitrogen and oxygen atoms in total. The Morgan fingerprint density at radius 1 is 1.00 bits per heavy atom. The van der Waals surface area contributed by atoms with Crippen molar-refractivity contribution in [3.8, 4) is 0 Å². The summed E-state index contributed by atoms with van der Waals surface area (Å²) < 4.78 is 0. The Balaban J connectivity index is 0.00000240. The van der Waals surface area contributed by atoms with E-state index in [4.69, 9.17) is 4.98 Å². The van der Waals surface area contributed by atoms with Crippen molar-refractivity contribution in [3.05, 3.63) is 82.5 Å². The molecule has 1 aromatic heterocycles. The molecule has 1 N–H and O–H groups in total. The second kappa shape index (κ2) is 9.27. The van der Waals surface area contributed by atoms with Gasteiger partial charge in [0.15, 0.2) is 0 Å². The molecule has 0 fully saturated rings. The molecule has 2 aromatic carbocycles. The van der Waals surface area contributed by atoms with Gasteiger partial charge in [0.25, 0.3) is 0 Å². The number of anilines is 2. The number of benzene rings is 2. The Hall–Kier alpha value is -2.59. The van der Waals surface area contributed by atoms with E-state index in [0.717, 1.165) is 43.4 Å². The lowest BCUT2D eigenvalue weighted by atomic mass is 9.93. The second-order valence-corrected chi connectivity index (χ2v) is 7.56. The van der Waals surface area contributed by atoms with E-state index in [0.29, 0.717) is 6.04 Å². The summed E-state index contributed by atoms with van der Waals surface area (Å²) in [6, 6.07) is 19.6. The summed E-state index contributed by atoms with van der Waals surface area (Å²) in [6.45, 7) is 8.29. The molecule has 1 atom stereocenters. The van der Waals surface area contributed by atoms with Gasteiger partial charge in [0.1, 0.15) is 5.82 Å². The van der Waals surface area contributed by atoms with Crippen molar-refractivity contribution in [1.29, 1.82) is 0 Å². The van der Waals surface area contributed by atoms with E-state index in [9.17, 15) is 0 Å². The van der Waals surface area contributed by atoms with E-state index in [2.05, 4.69) is 84.5 Å². The molecular formula is C24H29ClN4. The van der Waals surface area contributed by atoms with Crippen LogP contribution in [-0.2, 0) is 12.8 Å². The first-order valence-corrected chi connectivity index (χ1v) is 10.1. The summed E-state index contributed by atoms with van der Waals surface area (Å²) >= 11 is 0. The van der Waals surface area contributed by atoms with Gasteiger partial charge in [-0.25, -0.2) is 4.98 Å². The number of aromatic nitrogens is 2. The second-order valence-electron chi connectivity index (χ2n) is 7.56. The number of halogens is 1. The summed E-state index contributed by atoms with van der Waals surface area (Å²) in [5.74, 6) is 1.77. The van der Waals surface area contributed by atoms with E-state index in [1.54, 1.807) is 0 Å². The van der Waals surface area contributed by atoms with E-state index < -0.39 is 0 Å². The minimum absolute atomic E-state index is 0. The molecule has 0 amide bonds. The SMILES string of the molecule is Cc1nc(NCCc2ccccc2)nc(N2CCc3ccccc3C2C)c1C.Cl. The number of nitrogens with one attached hydrogen (secondary N) is 1. The number of aryl methyl sites for hydroxylation is 1. The van der Waals surface area contributed by atoms with Crippen LogP contribution in [0.5, 0.6) is 0 Å². The summed E-state index contributed by atoms with van der Waals surface area (Å²) in [6.07, 6.45) is 2.01.